The lowest BCUT2D eigenvalue weighted by Gasteiger charge is -2.29. The Morgan fingerprint density at radius 2 is 1.01 bits per heavy atom. The summed E-state index contributed by atoms with van der Waals surface area (Å²) in [6, 6.07) is -3.50. The molecule has 0 bridgehead atoms. The lowest BCUT2D eigenvalue weighted by atomic mass is 9.99. The predicted octanol–water partition coefficient (Wildman–Crippen LogP) is -0.196. The molecule has 8 amide bonds. The topological polar surface area (TPSA) is 337 Å². The summed E-state index contributed by atoms with van der Waals surface area (Å²) in [5.74, 6) is -7.61. The molecule has 1 rings (SSSR count). The van der Waals surface area contributed by atoms with Gasteiger partial charge in [0.15, 0.2) is 0 Å². The average Bonchev–Trinajstić information content (AvgIpc) is 3.23. The monoisotopic (exact) mass is 980 g/mol. The third-order valence-electron chi connectivity index (χ3n) is 10.5. The van der Waals surface area contributed by atoms with Crippen LogP contribution in [0.5, 0.6) is 5.75 Å². The summed E-state index contributed by atoms with van der Waals surface area (Å²) in [4.78, 5) is 119. The Bertz CT molecular complexity index is 1850. The van der Waals surface area contributed by atoms with Crippen LogP contribution in [0.3, 0.4) is 0 Å². The number of rotatable bonds is 30. The van der Waals surface area contributed by atoms with Crippen molar-refractivity contribution < 1.29 is 58.5 Å². The van der Waals surface area contributed by atoms with Gasteiger partial charge in [0, 0.05) is 0 Å². The first-order chi connectivity index (χ1) is 31.7. The molecule has 0 fully saturated rings. The minimum atomic E-state index is -1.60. The number of carbonyl (C=O) groups is 9. The number of hydrogen-bond donors (Lipinski definition) is 12. The molecule has 384 valence electrons. The third kappa shape index (κ3) is 22.5. The van der Waals surface area contributed by atoms with E-state index < -0.39 is 120 Å². The van der Waals surface area contributed by atoms with Crippen molar-refractivity contribution in [3.05, 3.63) is 29.8 Å². The van der Waals surface area contributed by atoms with E-state index in [2.05, 4.69) is 42.5 Å². The van der Waals surface area contributed by atoms with Crippen LogP contribution in [0.15, 0.2) is 24.3 Å². The minimum Gasteiger partial charge on any atom is -0.508 e. The molecule has 0 aromatic heterocycles. The van der Waals surface area contributed by atoms with E-state index in [9.17, 15) is 58.5 Å². The van der Waals surface area contributed by atoms with Crippen LogP contribution in [0.1, 0.15) is 100 Å². The van der Waals surface area contributed by atoms with Crippen molar-refractivity contribution in [2.75, 3.05) is 18.6 Å². The Morgan fingerprint density at radius 3 is 1.49 bits per heavy atom. The van der Waals surface area contributed by atoms with Crippen LogP contribution >= 0.6 is 11.8 Å². The van der Waals surface area contributed by atoms with Gasteiger partial charge in [-0.1, -0.05) is 67.5 Å². The largest absolute Gasteiger partial charge is 0.508 e. The Balaban J connectivity index is 3.06. The van der Waals surface area contributed by atoms with Gasteiger partial charge >= 0.3 is 5.97 Å². The Morgan fingerprint density at radius 1 is 0.574 bits per heavy atom. The molecule has 0 aliphatic heterocycles. The number of aromatic hydroxyl groups is 1. The molecular formula is C46H77N9O12S. The van der Waals surface area contributed by atoms with Crippen LogP contribution in [-0.2, 0) is 49.6 Å². The van der Waals surface area contributed by atoms with Gasteiger partial charge in [-0.3, -0.25) is 38.4 Å². The summed E-state index contributed by atoms with van der Waals surface area (Å²) in [6.07, 6.45) is 0.979. The molecule has 0 saturated carbocycles. The highest BCUT2D eigenvalue weighted by Crippen LogP contribution is 2.14. The molecule has 0 unspecified atom stereocenters. The molecule has 21 nitrogen and oxygen atoms in total. The summed E-state index contributed by atoms with van der Waals surface area (Å²) in [5.41, 5.74) is 6.81. The van der Waals surface area contributed by atoms with Crippen molar-refractivity contribution >= 4 is 65.0 Å². The Labute approximate surface area is 404 Å². The van der Waals surface area contributed by atoms with Crippen molar-refractivity contribution in [2.24, 2.45) is 29.4 Å². The molecule has 0 aliphatic rings. The van der Waals surface area contributed by atoms with E-state index in [0.29, 0.717) is 11.3 Å². The van der Waals surface area contributed by atoms with Crippen LogP contribution < -0.4 is 48.3 Å². The SMILES string of the molecule is CSCC[C@H](NC(=O)[C@@H](NC(=O)[C@H](CC(C)C)NC(=O)[C@H](CC(C)C)NC(=O)CNC(=O)[C@H](C)NC(=O)[C@H](CC(C)C)NC(=O)[C@@H](N)Cc1ccc(O)cc1)[C@@H](C)O)C(=O)N[C@H](C(=O)O)C(C)C. The number of nitrogens with two attached hydrogens (primary N) is 1. The number of carbonyl (C=O) groups excluding carboxylic acids is 8. The highest BCUT2D eigenvalue weighted by molar-refractivity contribution is 7.98. The maximum atomic E-state index is 13.8. The van der Waals surface area contributed by atoms with Gasteiger partial charge in [-0.15, -0.1) is 0 Å². The van der Waals surface area contributed by atoms with E-state index in [-0.39, 0.29) is 55.6 Å². The molecule has 1 aromatic rings. The normalized spacial score (nSPS) is 15.4. The molecule has 0 aliphatic carbocycles. The fourth-order valence-electron chi connectivity index (χ4n) is 6.78. The molecule has 0 heterocycles. The first-order valence-electron chi connectivity index (χ1n) is 23.0. The zero-order chi connectivity index (χ0) is 52.0. The van der Waals surface area contributed by atoms with Crippen LogP contribution in [0.25, 0.3) is 0 Å². The molecule has 0 spiro atoms. The van der Waals surface area contributed by atoms with Gasteiger partial charge in [0.25, 0.3) is 0 Å². The number of aliphatic hydroxyl groups excluding tert-OH is 1. The van der Waals surface area contributed by atoms with E-state index in [1.807, 2.05) is 13.8 Å². The molecule has 22 heteroatoms. The maximum absolute atomic E-state index is 13.8. The molecule has 0 saturated heterocycles. The van der Waals surface area contributed by atoms with Gasteiger partial charge in [0.05, 0.1) is 18.7 Å². The molecule has 68 heavy (non-hydrogen) atoms. The maximum Gasteiger partial charge on any atom is 0.326 e. The van der Waals surface area contributed by atoms with Crippen LogP contribution in [-0.4, -0.2) is 142 Å². The zero-order valence-electron chi connectivity index (χ0n) is 41.3. The number of phenols is 1. The molecule has 9 atom stereocenters. The van der Waals surface area contributed by atoms with Crippen molar-refractivity contribution in [3.8, 4) is 5.75 Å². The van der Waals surface area contributed by atoms with Gasteiger partial charge in [-0.2, -0.15) is 11.8 Å². The number of carboxylic acid groups (broad SMARTS) is 1. The lowest BCUT2D eigenvalue weighted by Crippen LogP contribution is -2.61. The number of thioether (sulfide) groups is 1. The molecule has 13 N–H and O–H groups in total. The van der Waals surface area contributed by atoms with E-state index in [4.69, 9.17) is 5.73 Å². The quantitative estimate of drug-likeness (QED) is 0.0476. The van der Waals surface area contributed by atoms with Crippen LogP contribution in [0, 0.1) is 23.7 Å². The van der Waals surface area contributed by atoms with Crippen molar-refractivity contribution in [1.82, 2.24) is 42.5 Å². The van der Waals surface area contributed by atoms with Crippen molar-refractivity contribution in [1.29, 1.82) is 0 Å². The summed E-state index contributed by atoms with van der Waals surface area (Å²) in [7, 11) is 0. The van der Waals surface area contributed by atoms with Gasteiger partial charge in [0.2, 0.25) is 47.3 Å². The molecular weight excluding hydrogens is 903 g/mol. The fourth-order valence-corrected chi connectivity index (χ4v) is 7.25. The number of carboxylic acids is 1. The lowest BCUT2D eigenvalue weighted by molar-refractivity contribution is -0.143. The van der Waals surface area contributed by atoms with E-state index >= 15 is 0 Å². The van der Waals surface area contributed by atoms with Crippen molar-refractivity contribution in [3.63, 3.8) is 0 Å². The average molecular weight is 980 g/mol. The van der Waals surface area contributed by atoms with Gasteiger partial charge in [0.1, 0.15) is 48.0 Å². The highest BCUT2D eigenvalue weighted by Gasteiger charge is 2.35. The van der Waals surface area contributed by atoms with E-state index in [1.165, 1.54) is 37.7 Å². The van der Waals surface area contributed by atoms with Crippen molar-refractivity contribution in [2.45, 2.75) is 156 Å². The number of hydrogen-bond acceptors (Lipinski definition) is 13. The van der Waals surface area contributed by atoms with Crippen LogP contribution in [0.2, 0.25) is 0 Å². The summed E-state index contributed by atoms with van der Waals surface area (Å²) < 4.78 is 0. The van der Waals surface area contributed by atoms with Gasteiger partial charge in [-0.05, 0) is 99.3 Å². The second-order valence-corrected chi connectivity index (χ2v) is 19.7. The van der Waals surface area contributed by atoms with E-state index in [0.717, 1.165) is 0 Å². The van der Waals surface area contributed by atoms with Crippen LogP contribution in [0.4, 0.5) is 0 Å². The Hall–Kier alpha value is -5.48. The fraction of sp³-hybridized carbons (Fsp3) is 0.674. The summed E-state index contributed by atoms with van der Waals surface area (Å²) in [5, 5.41) is 50.1. The number of amides is 8. The molecule has 1 aromatic carbocycles. The number of nitrogens with one attached hydrogen (secondary N) is 8. The predicted molar refractivity (Wildman–Crippen MR) is 258 cm³/mol. The van der Waals surface area contributed by atoms with E-state index in [1.54, 1.807) is 59.9 Å². The third-order valence-corrected chi connectivity index (χ3v) is 11.1. The highest BCUT2D eigenvalue weighted by atomic mass is 32.2. The standard InChI is InChI=1S/C46H77N9O12S/c1-23(2)18-33(50-36(58)22-48-39(59)27(9)49-42(62)34(19-24(3)4)52-40(60)31(47)21-29-12-14-30(57)15-13-29)43(63)53-35(20-25(5)6)44(64)55-38(28(10)56)45(65)51-32(16-17-68-11)41(61)54-37(26(7)8)46(66)67/h12-15,23-28,31-35,37-38,56-57H,16-22,47H2,1-11H3,(H,48,59)(H,49,62)(H,50,58)(H,51,65)(H,52,60)(H,53,63)(H,54,61)(H,55,64)(H,66,67)/t27-,28+,31-,32-,33-,34-,35-,37-,38-/m0/s1. The Kier molecular flexibility index (Phi) is 26.8. The zero-order valence-corrected chi connectivity index (χ0v) is 42.1. The summed E-state index contributed by atoms with van der Waals surface area (Å²) >= 11 is 1.38. The number of benzene rings is 1. The second kappa shape index (κ2) is 30.1. The first-order valence-corrected chi connectivity index (χ1v) is 24.4. The number of aliphatic hydroxyl groups is 1. The smallest absolute Gasteiger partial charge is 0.326 e. The molecule has 0 radical (unpaired) electrons. The van der Waals surface area contributed by atoms with Gasteiger partial charge < -0.3 is 63.6 Å². The second-order valence-electron chi connectivity index (χ2n) is 18.7. The summed E-state index contributed by atoms with van der Waals surface area (Å²) in [6.45, 7) is 16.2. The minimum absolute atomic E-state index is 0.0353. The van der Waals surface area contributed by atoms with Gasteiger partial charge in [-0.25, -0.2) is 4.79 Å². The number of aliphatic carboxylic acids is 1. The number of phenolic OH excluding ortho intramolecular Hbond substituents is 1. The first kappa shape index (κ1) is 60.5.